The monoisotopic (exact) mass is 236 g/mol. The maximum atomic E-state index is 12.1. The number of carbonyl (C=O) groups is 1. The molecule has 0 aliphatic heterocycles. The van der Waals surface area contributed by atoms with Gasteiger partial charge in [0.15, 0.2) is 0 Å². The van der Waals surface area contributed by atoms with Crippen LogP contribution in [0, 0.1) is 0 Å². The lowest BCUT2D eigenvalue weighted by molar-refractivity contribution is 0.0754. The van der Waals surface area contributed by atoms with Crippen molar-refractivity contribution in [2.45, 2.75) is 13.3 Å². The predicted molar refractivity (Wildman–Crippen MR) is 69.3 cm³/mol. The molecule has 2 N–H and O–H groups in total. The van der Waals surface area contributed by atoms with Crippen LogP contribution >= 0.6 is 0 Å². The Hall–Kier alpha value is -1.55. The van der Waals surface area contributed by atoms with Gasteiger partial charge in [0.1, 0.15) is 0 Å². The predicted octanol–water partition coefficient (Wildman–Crippen LogP) is 1.57. The lowest BCUT2D eigenvalue weighted by Crippen LogP contribution is -2.32. The van der Waals surface area contributed by atoms with Gasteiger partial charge < -0.3 is 15.3 Å². The number of carbonyl (C=O) groups excluding carboxylic acids is 1. The molecule has 1 rings (SSSR count). The average Bonchev–Trinajstić information content (AvgIpc) is 2.39. The average molecular weight is 236 g/mol. The first-order chi connectivity index (χ1) is 8.22. The summed E-state index contributed by atoms with van der Waals surface area (Å²) < 4.78 is 0. The Balaban J connectivity index is 2.71. The second-order valence-corrected chi connectivity index (χ2v) is 3.79. The summed E-state index contributed by atoms with van der Waals surface area (Å²) >= 11 is 0. The highest BCUT2D eigenvalue weighted by molar-refractivity contribution is 5.94. The van der Waals surface area contributed by atoms with Gasteiger partial charge in [-0.1, -0.05) is 0 Å². The molecule has 1 aromatic rings. The minimum absolute atomic E-state index is 0.0172. The summed E-state index contributed by atoms with van der Waals surface area (Å²) in [6.07, 6.45) is 0.619. The molecule has 0 fully saturated rings. The van der Waals surface area contributed by atoms with Crippen LogP contribution in [0.2, 0.25) is 0 Å². The summed E-state index contributed by atoms with van der Waals surface area (Å²) in [4.78, 5) is 13.8. The molecule has 0 aliphatic carbocycles. The largest absolute Gasteiger partial charge is 0.396 e. The van der Waals surface area contributed by atoms with Crippen molar-refractivity contribution in [2.75, 3.05) is 32.1 Å². The molecule has 0 unspecified atom stereocenters. The SMILES string of the molecule is CCN(CCCO)C(=O)c1ccc(NC)cc1. The molecule has 0 saturated carbocycles. The standard InChI is InChI=1S/C13H20N2O2/c1-3-15(9-4-10-16)13(17)11-5-7-12(14-2)8-6-11/h5-8,14,16H,3-4,9-10H2,1-2H3. The topological polar surface area (TPSA) is 52.6 Å². The number of aliphatic hydroxyl groups is 1. The van der Waals surface area contributed by atoms with E-state index in [4.69, 9.17) is 5.11 Å². The summed E-state index contributed by atoms with van der Waals surface area (Å²) in [5.74, 6) is 0.0172. The van der Waals surface area contributed by atoms with Gasteiger partial charge in [-0.2, -0.15) is 0 Å². The molecule has 1 amide bonds. The third-order valence-corrected chi connectivity index (χ3v) is 2.68. The van der Waals surface area contributed by atoms with Crippen molar-refractivity contribution < 1.29 is 9.90 Å². The zero-order valence-corrected chi connectivity index (χ0v) is 10.4. The summed E-state index contributed by atoms with van der Waals surface area (Å²) in [6, 6.07) is 7.39. The van der Waals surface area contributed by atoms with Crippen LogP contribution in [0.4, 0.5) is 5.69 Å². The molecule has 0 radical (unpaired) electrons. The molecule has 94 valence electrons. The van der Waals surface area contributed by atoms with E-state index in [1.54, 1.807) is 4.90 Å². The lowest BCUT2D eigenvalue weighted by atomic mass is 10.1. The van der Waals surface area contributed by atoms with Crippen LogP contribution < -0.4 is 5.32 Å². The van der Waals surface area contributed by atoms with Gasteiger partial charge in [0.25, 0.3) is 5.91 Å². The Morgan fingerprint density at radius 2 is 2.00 bits per heavy atom. The van der Waals surface area contributed by atoms with E-state index < -0.39 is 0 Å². The number of amides is 1. The molecule has 0 aliphatic rings. The fourth-order valence-corrected chi connectivity index (χ4v) is 1.63. The van der Waals surface area contributed by atoms with Gasteiger partial charge in [-0.15, -0.1) is 0 Å². The summed E-state index contributed by atoms with van der Waals surface area (Å²) in [7, 11) is 1.84. The van der Waals surface area contributed by atoms with E-state index in [2.05, 4.69) is 5.32 Å². The van der Waals surface area contributed by atoms with Gasteiger partial charge in [0.2, 0.25) is 0 Å². The Labute approximate surface area is 102 Å². The van der Waals surface area contributed by atoms with Crippen molar-refractivity contribution >= 4 is 11.6 Å². The van der Waals surface area contributed by atoms with Crippen molar-refractivity contribution in [2.24, 2.45) is 0 Å². The van der Waals surface area contributed by atoms with Crippen molar-refractivity contribution in [1.29, 1.82) is 0 Å². The first-order valence-corrected chi connectivity index (χ1v) is 5.90. The highest BCUT2D eigenvalue weighted by Crippen LogP contribution is 2.11. The van der Waals surface area contributed by atoms with Crippen LogP contribution in [0.15, 0.2) is 24.3 Å². The van der Waals surface area contributed by atoms with Crippen LogP contribution in [0.3, 0.4) is 0 Å². The lowest BCUT2D eigenvalue weighted by Gasteiger charge is -2.20. The van der Waals surface area contributed by atoms with E-state index in [1.165, 1.54) is 0 Å². The van der Waals surface area contributed by atoms with E-state index >= 15 is 0 Å². The number of nitrogens with one attached hydrogen (secondary N) is 1. The minimum atomic E-state index is 0.0172. The first kappa shape index (κ1) is 13.5. The number of nitrogens with zero attached hydrogens (tertiary/aromatic N) is 1. The van der Waals surface area contributed by atoms with Crippen molar-refractivity contribution in [3.05, 3.63) is 29.8 Å². The molecule has 0 bridgehead atoms. The first-order valence-electron chi connectivity index (χ1n) is 5.90. The zero-order chi connectivity index (χ0) is 12.7. The molecular formula is C13H20N2O2. The molecular weight excluding hydrogens is 216 g/mol. The molecule has 0 spiro atoms. The smallest absolute Gasteiger partial charge is 0.253 e. The highest BCUT2D eigenvalue weighted by Gasteiger charge is 2.13. The number of benzene rings is 1. The van der Waals surface area contributed by atoms with Gasteiger partial charge in [0, 0.05) is 38.0 Å². The second-order valence-electron chi connectivity index (χ2n) is 3.79. The fraction of sp³-hybridized carbons (Fsp3) is 0.462. The van der Waals surface area contributed by atoms with Crippen molar-refractivity contribution in [1.82, 2.24) is 4.90 Å². The minimum Gasteiger partial charge on any atom is -0.396 e. The fourth-order valence-electron chi connectivity index (χ4n) is 1.63. The van der Waals surface area contributed by atoms with E-state index in [0.29, 0.717) is 25.1 Å². The number of hydrogen-bond acceptors (Lipinski definition) is 3. The second kappa shape index (κ2) is 6.91. The molecule has 4 nitrogen and oxygen atoms in total. The van der Waals surface area contributed by atoms with E-state index in [-0.39, 0.29) is 12.5 Å². The van der Waals surface area contributed by atoms with Gasteiger partial charge in [-0.05, 0) is 37.6 Å². The third-order valence-electron chi connectivity index (χ3n) is 2.68. The maximum Gasteiger partial charge on any atom is 0.253 e. The van der Waals surface area contributed by atoms with E-state index in [1.807, 2.05) is 38.2 Å². The quantitative estimate of drug-likeness (QED) is 0.788. The van der Waals surface area contributed by atoms with Crippen LogP contribution in [-0.2, 0) is 0 Å². The van der Waals surface area contributed by atoms with Gasteiger partial charge >= 0.3 is 0 Å². The Morgan fingerprint density at radius 3 is 2.47 bits per heavy atom. The molecule has 17 heavy (non-hydrogen) atoms. The third kappa shape index (κ3) is 3.75. The highest BCUT2D eigenvalue weighted by atomic mass is 16.3. The van der Waals surface area contributed by atoms with E-state index in [0.717, 1.165) is 5.69 Å². The normalized spacial score (nSPS) is 10.1. The Kier molecular flexibility index (Phi) is 5.49. The Bertz CT molecular complexity index is 349. The number of rotatable bonds is 6. The van der Waals surface area contributed by atoms with Crippen LogP contribution in [0.25, 0.3) is 0 Å². The molecule has 0 saturated heterocycles. The molecule has 0 atom stereocenters. The van der Waals surface area contributed by atoms with Crippen molar-refractivity contribution in [3.63, 3.8) is 0 Å². The number of hydrogen-bond donors (Lipinski definition) is 2. The maximum absolute atomic E-state index is 12.1. The van der Waals surface area contributed by atoms with Crippen molar-refractivity contribution in [3.8, 4) is 0 Å². The number of anilines is 1. The molecule has 0 heterocycles. The molecule has 4 heteroatoms. The summed E-state index contributed by atoms with van der Waals surface area (Å²) in [5.41, 5.74) is 1.67. The molecule has 1 aromatic carbocycles. The van der Waals surface area contributed by atoms with Crippen LogP contribution in [0.1, 0.15) is 23.7 Å². The van der Waals surface area contributed by atoms with Gasteiger partial charge in [-0.25, -0.2) is 0 Å². The number of aliphatic hydroxyl groups excluding tert-OH is 1. The van der Waals surface area contributed by atoms with Crippen LogP contribution in [-0.4, -0.2) is 42.7 Å². The Morgan fingerprint density at radius 1 is 1.35 bits per heavy atom. The van der Waals surface area contributed by atoms with Crippen LogP contribution in [0.5, 0.6) is 0 Å². The van der Waals surface area contributed by atoms with Gasteiger partial charge in [0.05, 0.1) is 0 Å². The van der Waals surface area contributed by atoms with E-state index in [9.17, 15) is 4.79 Å². The zero-order valence-electron chi connectivity index (χ0n) is 10.4. The molecule has 0 aromatic heterocycles. The summed E-state index contributed by atoms with van der Waals surface area (Å²) in [5, 5.41) is 11.8. The van der Waals surface area contributed by atoms with Gasteiger partial charge in [-0.3, -0.25) is 4.79 Å². The summed E-state index contributed by atoms with van der Waals surface area (Å²) in [6.45, 7) is 3.31.